The van der Waals surface area contributed by atoms with E-state index >= 15 is 0 Å². The highest BCUT2D eigenvalue weighted by Crippen LogP contribution is 2.38. The molecule has 0 amide bonds. The fourth-order valence-electron chi connectivity index (χ4n) is 3.43. The number of aromatic nitrogens is 1. The summed E-state index contributed by atoms with van der Waals surface area (Å²) in [6, 6.07) is 13.5. The average Bonchev–Trinajstić information content (AvgIpc) is 3.12. The molecule has 0 saturated carbocycles. The van der Waals surface area contributed by atoms with E-state index in [-0.39, 0.29) is 30.3 Å². The van der Waals surface area contributed by atoms with Crippen LogP contribution in [0.3, 0.4) is 0 Å². The topological polar surface area (TPSA) is 85.5 Å². The van der Waals surface area contributed by atoms with E-state index in [0.717, 1.165) is 0 Å². The first-order valence-corrected chi connectivity index (χ1v) is 9.98. The van der Waals surface area contributed by atoms with Crippen molar-refractivity contribution < 1.29 is 23.9 Å². The lowest BCUT2D eigenvalue weighted by atomic mass is 9.79. The largest absolute Gasteiger partial charge is 0.465 e. The van der Waals surface area contributed by atoms with Crippen LogP contribution < -0.4 is 0 Å². The summed E-state index contributed by atoms with van der Waals surface area (Å²) in [5, 5.41) is 0.963. The van der Waals surface area contributed by atoms with Crippen LogP contribution in [0.15, 0.2) is 48.5 Å². The molecule has 0 unspecified atom stereocenters. The number of ether oxygens (including phenoxy) is 2. The van der Waals surface area contributed by atoms with E-state index in [1.54, 1.807) is 62.4 Å². The summed E-state index contributed by atoms with van der Waals surface area (Å²) < 4.78 is 10.4. The van der Waals surface area contributed by atoms with Crippen molar-refractivity contribution in [2.24, 2.45) is 0 Å². The molecule has 0 aliphatic carbocycles. The molecule has 0 aliphatic heterocycles. The van der Waals surface area contributed by atoms with Gasteiger partial charge >= 0.3 is 11.9 Å². The summed E-state index contributed by atoms with van der Waals surface area (Å²) in [7, 11) is 0. The van der Waals surface area contributed by atoms with Crippen molar-refractivity contribution in [1.82, 2.24) is 4.98 Å². The van der Waals surface area contributed by atoms with Crippen molar-refractivity contribution in [2.75, 3.05) is 13.2 Å². The third-order valence-electron chi connectivity index (χ3n) is 4.89. The highest BCUT2D eigenvalue weighted by atomic mass is 35.5. The Balaban J connectivity index is 2.34. The lowest BCUT2D eigenvalue weighted by Gasteiger charge is -2.26. The lowest BCUT2D eigenvalue weighted by Crippen LogP contribution is -2.44. The van der Waals surface area contributed by atoms with Gasteiger partial charge in [-0.3, -0.25) is 14.4 Å². The molecule has 2 aromatic carbocycles. The van der Waals surface area contributed by atoms with Crippen LogP contribution in [0.25, 0.3) is 10.9 Å². The third kappa shape index (κ3) is 3.71. The molecule has 0 aliphatic rings. The molecule has 0 fully saturated rings. The number of carbonyl (C=O) groups excluding carboxylic acids is 3. The monoisotopic (exact) mass is 427 g/mol. The lowest BCUT2D eigenvalue weighted by molar-refractivity contribution is -0.163. The fraction of sp³-hybridized carbons (Fsp3) is 0.261. The van der Waals surface area contributed by atoms with Gasteiger partial charge in [0.2, 0.25) is 5.78 Å². The number of halogens is 1. The molecule has 1 N–H and O–H groups in total. The first-order valence-electron chi connectivity index (χ1n) is 9.60. The van der Waals surface area contributed by atoms with Crippen LogP contribution in [-0.4, -0.2) is 35.9 Å². The summed E-state index contributed by atoms with van der Waals surface area (Å²) in [5.41, 5.74) is -0.595. The molecule has 156 valence electrons. The van der Waals surface area contributed by atoms with Gasteiger partial charge in [-0.1, -0.05) is 48.0 Å². The zero-order valence-electron chi connectivity index (χ0n) is 17.0. The van der Waals surface area contributed by atoms with Gasteiger partial charge in [-0.15, -0.1) is 0 Å². The molecule has 1 aromatic heterocycles. The number of hydrogen-bond acceptors (Lipinski definition) is 5. The smallest absolute Gasteiger partial charge is 0.327 e. The number of aromatic amines is 1. The van der Waals surface area contributed by atoms with Crippen molar-refractivity contribution in [3.8, 4) is 0 Å². The summed E-state index contributed by atoms with van der Waals surface area (Å²) in [5.74, 6) is -1.94. The van der Waals surface area contributed by atoms with Crippen LogP contribution in [0.2, 0.25) is 5.02 Å². The normalized spacial score (nSPS) is 11.3. The minimum absolute atomic E-state index is 0.0734. The van der Waals surface area contributed by atoms with E-state index in [0.29, 0.717) is 21.5 Å². The first kappa shape index (κ1) is 21.6. The maximum absolute atomic E-state index is 13.4. The van der Waals surface area contributed by atoms with Crippen LogP contribution in [0, 0.1) is 0 Å². The highest BCUT2D eigenvalue weighted by Gasteiger charge is 2.50. The quantitative estimate of drug-likeness (QED) is 0.342. The standard InChI is InChI=1S/C23H22ClNO5/c1-4-29-21(27)23(3,22(28)30-5-2)18-16-12-11-15(24)13-17(16)25-19(18)20(26)14-9-7-6-8-10-14/h6-13,25H,4-5H2,1-3H3. The van der Waals surface area contributed by atoms with Gasteiger partial charge < -0.3 is 14.5 Å². The maximum Gasteiger partial charge on any atom is 0.327 e. The van der Waals surface area contributed by atoms with Gasteiger partial charge in [0, 0.05) is 27.1 Å². The zero-order chi connectivity index (χ0) is 21.9. The molecule has 0 atom stereocenters. The van der Waals surface area contributed by atoms with Crippen LogP contribution in [0.5, 0.6) is 0 Å². The van der Waals surface area contributed by atoms with Crippen LogP contribution in [0.1, 0.15) is 42.4 Å². The second-order valence-electron chi connectivity index (χ2n) is 6.83. The molecule has 0 radical (unpaired) electrons. The molecule has 1 heterocycles. The molecular weight excluding hydrogens is 406 g/mol. The molecule has 3 rings (SSSR count). The summed E-state index contributed by atoms with van der Waals surface area (Å²) >= 11 is 6.13. The van der Waals surface area contributed by atoms with E-state index in [9.17, 15) is 14.4 Å². The molecule has 0 spiro atoms. The predicted octanol–water partition coefficient (Wildman–Crippen LogP) is 4.44. The van der Waals surface area contributed by atoms with Gasteiger partial charge in [-0.25, -0.2) is 0 Å². The van der Waals surface area contributed by atoms with Crippen molar-refractivity contribution in [3.63, 3.8) is 0 Å². The Morgan fingerprint density at radius 3 is 2.13 bits per heavy atom. The van der Waals surface area contributed by atoms with E-state index < -0.39 is 17.4 Å². The van der Waals surface area contributed by atoms with Gasteiger partial charge in [-0.2, -0.15) is 0 Å². The first-order chi connectivity index (χ1) is 14.3. The Bertz CT molecular complexity index is 1090. The van der Waals surface area contributed by atoms with Crippen LogP contribution in [0.4, 0.5) is 0 Å². The molecule has 3 aromatic rings. The summed E-state index contributed by atoms with van der Waals surface area (Å²) in [4.78, 5) is 42.5. The maximum atomic E-state index is 13.4. The second-order valence-corrected chi connectivity index (χ2v) is 7.26. The fourth-order valence-corrected chi connectivity index (χ4v) is 3.60. The van der Waals surface area contributed by atoms with Gasteiger partial charge in [0.05, 0.1) is 18.9 Å². The van der Waals surface area contributed by atoms with E-state index in [1.807, 2.05) is 0 Å². The number of carbonyl (C=O) groups is 3. The second kappa shape index (κ2) is 8.71. The van der Waals surface area contributed by atoms with E-state index in [2.05, 4.69) is 4.98 Å². The van der Waals surface area contributed by atoms with Crippen molar-refractivity contribution in [2.45, 2.75) is 26.2 Å². The van der Waals surface area contributed by atoms with E-state index in [1.165, 1.54) is 6.92 Å². The average molecular weight is 428 g/mol. The number of esters is 2. The number of nitrogens with one attached hydrogen (secondary N) is 1. The minimum atomic E-state index is -1.85. The number of fused-ring (bicyclic) bond motifs is 1. The van der Waals surface area contributed by atoms with Gasteiger partial charge in [0.1, 0.15) is 0 Å². The van der Waals surface area contributed by atoms with Gasteiger partial charge in [0.25, 0.3) is 0 Å². The van der Waals surface area contributed by atoms with Crippen molar-refractivity contribution in [1.29, 1.82) is 0 Å². The molecule has 30 heavy (non-hydrogen) atoms. The number of rotatable bonds is 7. The zero-order valence-corrected chi connectivity index (χ0v) is 17.7. The SMILES string of the molecule is CCOC(=O)C(C)(C(=O)OCC)c1c(C(=O)c2ccccc2)[nH]c2cc(Cl)ccc12. The van der Waals surface area contributed by atoms with Crippen LogP contribution in [-0.2, 0) is 24.5 Å². The summed E-state index contributed by atoms with van der Waals surface area (Å²) in [6.07, 6.45) is 0. The van der Waals surface area contributed by atoms with Gasteiger partial charge in [0.15, 0.2) is 5.41 Å². The molecular formula is C23H22ClNO5. The van der Waals surface area contributed by atoms with Crippen LogP contribution >= 0.6 is 11.6 Å². The molecule has 6 nitrogen and oxygen atoms in total. The number of hydrogen-bond donors (Lipinski definition) is 1. The Morgan fingerprint density at radius 1 is 0.967 bits per heavy atom. The van der Waals surface area contributed by atoms with E-state index in [4.69, 9.17) is 21.1 Å². The number of H-pyrrole nitrogens is 1. The van der Waals surface area contributed by atoms with Crippen molar-refractivity contribution in [3.05, 3.63) is 70.4 Å². The third-order valence-corrected chi connectivity index (χ3v) is 5.13. The number of benzene rings is 2. The summed E-state index contributed by atoms with van der Waals surface area (Å²) in [6.45, 7) is 4.86. The number of ketones is 1. The minimum Gasteiger partial charge on any atom is -0.465 e. The Morgan fingerprint density at radius 2 is 1.57 bits per heavy atom. The van der Waals surface area contributed by atoms with Crippen molar-refractivity contribution >= 4 is 40.2 Å². The molecule has 0 bridgehead atoms. The Kier molecular flexibility index (Phi) is 6.27. The Labute approximate surface area is 179 Å². The predicted molar refractivity (Wildman–Crippen MR) is 114 cm³/mol. The van der Waals surface area contributed by atoms with Gasteiger partial charge in [-0.05, 0) is 32.9 Å². The molecule has 0 saturated heterocycles. The molecule has 7 heteroatoms. The Hall–Kier alpha value is -3.12. The highest BCUT2D eigenvalue weighted by molar-refractivity contribution is 6.31.